The van der Waals surface area contributed by atoms with Crippen molar-refractivity contribution in [3.63, 3.8) is 0 Å². The van der Waals surface area contributed by atoms with Crippen LogP contribution < -0.4 is 0 Å². The van der Waals surface area contributed by atoms with E-state index in [4.69, 9.17) is 0 Å². The Morgan fingerprint density at radius 2 is 2.19 bits per heavy atom. The first-order valence-corrected chi connectivity index (χ1v) is 5.05. The van der Waals surface area contributed by atoms with Crippen LogP contribution >= 0.6 is 0 Å². The largest absolute Gasteiger partial charge is 0.287 e. The summed E-state index contributed by atoms with van der Waals surface area (Å²) in [5.74, 6) is -0.0857. The number of ketones is 1. The summed E-state index contributed by atoms with van der Waals surface area (Å²) in [7, 11) is 3.50. The molecular formula is C10H13N5O. The van der Waals surface area contributed by atoms with Crippen LogP contribution in [0.2, 0.25) is 0 Å². The highest BCUT2D eigenvalue weighted by Gasteiger charge is 2.19. The summed E-state index contributed by atoms with van der Waals surface area (Å²) in [6, 6.07) is 0. The molecule has 0 radical (unpaired) electrons. The fourth-order valence-corrected chi connectivity index (χ4v) is 1.62. The van der Waals surface area contributed by atoms with Gasteiger partial charge in [-0.3, -0.25) is 9.48 Å². The van der Waals surface area contributed by atoms with Gasteiger partial charge in [-0.1, -0.05) is 12.1 Å². The molecule has 0 unspecified atom stereocenters. The average molecular weight is 219 g/mol. The second-order valence-corrected chi connectivity index (χ2v) is 3.59. The Morgan fingerprint density at radius 3 is 2.75 bits per heavy atom. The minimum Gasteiger partial charge on any atom is -0.287 e. The van der Waals surface area contributed by atoms with Crippen LogP contribution in [0, 0.1) is 0 Å². The highest BCUT2D eigenvalue weighted by molar-refractivity contribution is 6.08. The van der Waals surface area contributed by atoms with Crippen LogP contribution in [0.15, 0.2) is 12.4 Å². The Labute approximate surface area is 92.9 Å². The van der Waals surface area contributed by atoms with Gasteiger partial charge in [0.1, 0.15) is 5.69 Å². The van der Waals surface area contributed by atoms with Gasteiger partial charge in [0.25, 0.3) is 0 Å². The van der Waals surface area contributed by atoms with Gasteiger partial charge in [-0.2, -0.15) is 5.10 Å². The zero-order valence-corrected chi connectivity index (χ0v) is 9.51. The molecule has 0 spiro atoms. The number of hydrogen-bond donors (Lipinski definition) is 0. The summed E-state index contributed by atoms with van der Waals surface area (Å²) < 4.78 is 3.12. The third-order valence-corrected chi connectivity index (χ3v) is 2.43. The van der Waals surface area contributed by atoms with Crippen molar-refractivity contribution in [2.24, 2.45) is 14.1 Å². The van der Waals surface area contributed by atoms with Crippen molar-refractivity contribution in [1.29, 1.82) is 0 Å². The molecule has 16 heavy (non-hydrogen) atoms. The van der Waals surface area contributed by atoms with E-state index in [1.165, 1.54) is 10.9 Å². The van der Waals surface area contributed by atoms with Crippen molar-refractivity contribution in [3.05, 3.63) is 29.3 Å². The van der Waals surface area contributed by atoms with Crippen molar-refractivity contribution in [3.8, 4) is 0 Å². The van der Waals surface area contributed by atoms with Crippen LogP contribution in [0.1, 0.15) is 28.7 Å². The summed E-state index contributed by atoms with van der Waals surface area (Å²) in [5.41, 5.74) is 1.90. The topological polar surface area (TPSA) is 65.6 Å². The quantitative estimate of drug-likeness (QED) is 0.698. The minimum atomic E-state index is -0.0857. The number of nitrogens with zero attached hydrogens (tertiary/aromatic N) is 5. The molecule has 0 saturated carbocycles. The van der Waals surface area contributed by atoms with E-state index in [2.05, 4.69) is 15.4 Å². The predicted molar refractivity (Wildman–Crippen MR) is 57.0 cm³/mol. The predicted octanol–water partition coefficient (Wildman–Crippen LogP) is 0.342. The molecular weight excluding hydrogens is 206 g/mol. The van der Waals surface area contributed by atoms with Gasteiger partial charge in [0, 0.05) is 20.3 Å². The first-order chi connectivity index (χ1) is 7.63. The Kier molecular flexibility index (Phi) is 2.55. The lowest BCUT2D eigenvalue weighted by Crippen LogP contribution is -2.09. The zero-order chi connectivity index (χ0) is 11.7. The van der Waals surface area contributed by atoms with Crippen molar-refractivity contribution in [2.75, 3.05) is 0 Å². The molecule has 0 aliphatic carbocycles. The second kappa shape index (κ2) is 3.88. The molecule has 0 bridgehead atoms. The molecule has 0 amide bonds. The molecule has 2 heterocycles. The number of aromatic nitrogens is 5. The monoisotopic (exact) mass is 219 g/mol. The lowest BCUT2D eigenvalue weighted by Gasteiger charge is -1.98. The highest BCUT2D eigenvalue weighted by Crippen LogP contribution is 2.12. The van der Waals surface area contributed by atoms with E-state index in [0.717, 1.165) is 12.1 Å². The maximum Gasteiger partial charge on any atom is 0.216 e. The zero-order valence-electron chi connectivity index (χ0n) is 9.51. The van der Waals surface area contributed by atoms with E-state index in [0.29, 0.717) is 11.3 Å². The third-order valence-electron chi connectivity index (χ3n) is 2.43. The van der Waals surface area contributed by atoms with Crippen LogP contribution in [0.4, 0.5) is 0 Å². The van der Waals surface area contributed by atoms with E-state index in [-0.39, 0.29) is 5.78 Å². The van der Waals surface area contributed by atoms with E-state index in [9.17, 15) is 4.79 Å². The summed E-state index contributed by atoms with van der Waals surface area (Å²) in [6.45, 7) is 1.97. The SMILES string of the molecule is CCc1nn(C)cc1C(=O)c1cnnn1C. The van der Waals surface area contributed by atoms with Gasteiger partial charge in [0.05, 0.1) is 17.5 Å². The molecule has 0 aliphatic rings. The standard InChI is InChI=1S/C10H13N5O/c1-4-8-7(6-14(2)12-8)10(16)9-5-11-13-15(9)3/h5-6H,4H2,1-3H3. The molecule has 6 nitrogen and oxygen atoms in total. The number of carbonyl (C=O) groups is 1. The molecule has 2 aromatic heterocycles. The van der Waals surface area contributed by atoms with Crippen LogP contribution in [0.3, 0.4) is 0 Å². The summed E-state index contributed by atoms with van der Waals surface area (Å²) in [6.07, 6.45) is 3.93. The smallest absolute Gasteiger partial charge is 0.216 e. The van der Waals surface area contributed by atoms with Crippen molar-refractivity contribution in [1.82, 2.24) is 24.8 Å². The molecule has 0 fully saturated rings. The van der Waals surface area contributed by atoms with Crippen molar-refractivity contribution < 1.29 is 4.79 Å². The number of aryl methyl sites for hydroxylation is 3. The summed E-state index contributed by atoms with van der Waals surface area (Å²) in [4.78, 5) is 12.2. The Balaban J connectivity index is 2.45. The molecule has 0 aromatic carbocycles. The minimum absolute atomic E-state index is 0.0857. The summed E-state index contributed by atoms with van der Waals surface area (Å²) in [5, 5.41) is 11.7. The van der Waals surface area contributed by atoms with Crippen LogP contribution in [0.5, 0.6) is 0 Å². The van der Waals surface area contributed by atoms with Crippen molar-refractivity contribution in [2.45, 2.75) is 13.3 Å². The van der Waals surface area contributed by atoms with E-state index >= 15 is 0 Å². The van der Waals surface area contributed by atoms with E-state index in [1.807, 2.05) is 6.92 Å². The molecule has 0 saturated heterocycles. The maximum absolute atomic E-state index is 12.2. The normalized spacial score (nSPS) is 10.7. The summed E-state index contributed by atoms with van der Waals surface area (Å²) >= 11 is 0. The fourth-order valence-electron chi connectivity index (χ4n) is 1.62. The van der Waals surface area contributed by atoms with Crippen LogP contribution in [-0.2, 0) is 20.5 Å². The van der Waals surface area contributed by atoms with Gasteiger partial charge in [0.15, 0.2) is 0 Å². The lowest BCUT2D eigenvalue weighted by molar-refractivity contribution is 0.102. The highest BCUT2D eigenvalue weighted by atomic mass is 16.1. The van der Waals surface area contributed by atoms with Gasteiger partial charge < -0.3 is 0 Å². The van der Waals surface area contributed by atoms with Gasteiger partial charge >= 0.3 is 0 Å². The number of rotatable bonds is 3. The molecule has 0 atom stereocenters. The third kappa shape index (κ3) is 1.62. The Hall–Kier alpha value is -1.98. The van der Waals surface area contributed by atoms with Crippen molar-refractivity contribution >= 4 is 5.78 Å². The second-order valence-electron chi connectivity index (χ2n) is 3.59. The molecule has 0 aliphatic heterocycles. The molecule has 84 valence electrons. The molecule has 6 heteroatoms. The molecule has 2 aromatic rings. The number of hydrogen-bond acceptors (Lipinski definition) is 4. The molecule has 2 rings (SSSR count). The van der Waals surface area contributed by atoms with Gasteiger partial charge in [-0.25, -0.2) is 4.68 Å². The van der Waals surface area contributed by atoms with Gasteiger partial charge in [0.2, 0.25) is 5.78 Å². The molecule has 0 N–H and O–H groups in total. The lowest BCUT2D eigenvalue weighted by atomic mass is 10.1. The first-order valence-electron chi connectivity index (χ1n) is 5.05. The number of carbonyl (C=O) groups excluding carboxylic acids is 1. The van der Waals surface area contributed by atoms with Crippen LogP contribution in [-0.4, -0.2) is 30.6 Å². The van der Waals surface area contributed by atoms with Gasteiger partial charge in [-0.15, -0.1) is 5.10 Å². The average Bonchev–Trinajstić information content (AvgIpc) is 2.83. The fraction of sp³-hybridized carbons (Fsp3) is 0.400. The van der Waals surface area contributed by atoms with Gasteiger partial charge in [-0.05, 0) is 6.42 Å². The van der Waals surface area contributed by atoms with Crippen LogP contribution in [0.25, 0.3) is 0 Å². The first kappa shape index (κ1) is 10.5. The Morgan fingerprint density at radius 1 is 1.44 bits per heavy atom. The van der Waals surface area contributed by atoms with E-state index in [1.54, 1.807) is 25.0 Å². The maximum atomic E-state index is 12.2. The Bertz CT molecular complexity index is 525. The van der Waals surface area contributed by atoms with E-state index < -0.39 is 0 Å².